The molecule has 7 nitrogen and oxygen atoms in total. The largest absolute Gasteiger partial charge is 0.495 e. The second-order valence-electron chi connectivity index (χ2n) is 7.91. The molecule has 1 aromatic heterocycles. The number of hydrogen-bond acceptors (Lipinski definition) is 5. The molecule has 1 fully saturated rings. The first-order valence-electron chi connectivity index (χ1n) is 10.2. The minimum atomic E-state index is -4.26. The highest BCUT2D eigenvalue weighted by Crippen LogP contribution is 2.58. The highest BCUT2D eigenvalue weighted by molar-refractivity contribution is 5.91. The summed E-state index contributed by atoms with van der Waals surface area (Å²) in [6.45, 7) is 0.306. The summed E-state index contributed by atoms with van der Waals surface area (Å²) < 4.78 is 44.9. The lowest BCUT2D eigenvalue weighted by Gasteiger charge is -2.19. The zero-order chi connectivity index (χ0) is 23.6. The monoisotopic (exact) mass is 455 g/mol. The normalized spacial score (nSPS) is 14.4. The van der Waals surface area contributed by atoms with Gasteiger partial charge in [0.15, 0.2) is 5.82 Å². The number of nitrogens with zero attached hydrogens (tertiary/aromatic N) is 4. The first kappa shape index (κ1) is 22.3. The summed E-state index contributed by atoms with van der Waals surface area (Å²) in [7, 11) is 1.48. The minimum Gasteiger partial charge on any atom is -0.495 e. The topological polar surface area (TPSA) is 92.8 Å². The van der Waals surface area contributed by atoms with Crippen LogP contribution in [0.1, 0.15) is 35.1 Å². The molecule has 1 aliphatic carbocycles. The Kier molecular flexibility index (Phi) is 5.80. The summed E-state index contributed by atoms with van der Waals surface area (Å²) in [4.78, 5) is 13.7. The summed E-state index contributed by atoms with van der Waals surface area (Å²) in [5, 5.41) is 20.0. The molecule has 1 aliphatic rings. The number of carbonyl (C=O) groups is 1. The van der Waals surface area contributed by atoms with Crippen LogP contribution in [0.3, 0.4) is 0 Å². The van der Waals surface area contributed by atoms with E-state index in [2.05, 4.69) is 15.5 Å². The van der Waals surface area contributed by atoms with Crippen LogP contribution in [0.15, 0.2) is 48.7 Å². The summed E-state index contributed by atoms with van der Waals surface area (Å²) in [5.74, 6) is 0.350. The number of nitrogens with one attached hydrogen (secondary N) is 1. The maximum atomic E-state index is 13.2. The van der Waals surface area contributed by atoms with Gasteiger partial charge in [0.1, 0.15) is 11.8 Å². The van der Waals surface area contributed by atoms with Gasteiger partial charge in [0.05, 0.1) is 37.3 Å². The number of halogens is 3. The van der Waals surface area contributed by atoms with Crippen molar-refractivity contribution in [3.05, 3.63) is 70.9 Å². The molecule has 1 heterocycles. The van der Waals surface area contributed by atoms with Crippen molar-refractivity contribution in [2.75, 3.05) is 12.4 Å². The molecule has 0 saturated heterocycles. The van der Waals surface area contributed by atoms with Crippen molar-refractivity contribution in [3.8, 4) is 11.8 Å². The summed E-state index contributed by atoms with van der Waals surface area (Å²) in [6.07, 6.45) is -2.66. The van der Waals surface area contributed by atoms with Crippen molar-refractivity contribution < 1.29 is 22.7 Å². The molecule has 1 amide bonds. The van der Waals surface area contributed by atoms with Crippen LogP contribution in [-0.2, 0) is 23.2 Å². The predicted octanol–water partition coefficient (Wildman–Crippen LogP) is 3.98. The number of alkyl halides is 3. The number of nitriles is 1. The highest BCUT2D eigenvalue weighted by Gasteiger charge is 2.64. The van der Waals surface area contributed by atoms with Crippen LogP contribution in [0, 0.1) is 11.3 Å². The van der Waals surface area contributed by atoms with Crippen LogP contribution >= 0.6 is 0 Å². The molecule has 3 aromatic rings. The Labute approximate surface area is 187 Å². The molecule has 4 rings (SSSR count). The van der Waals surface area contributed by atoms with Gasteiger partial charge in [-0.3, -0.25) is 4.79 Å². The van der Waals surface area contributed by atoms with Crippen LogP contribution in [0.4, 0.5) is 19.0 Å². The van der Waals surface area contributed by atoms with Gasteiger partial charge in [-0.05, 0) is 41.7 Å². The van der Waals surface area contributed by atoms with Crippen molar-refractivity contribution in [1.82, 2.24) is 15.0 Å². The van der Waals surface area contributed by atoms with Gasteiger partial charge in [0.25, 0.3) is 0 Å². The number of ether oxygens (including phenoxy) is 1. The molecule has 0 atom stereocenters. The zero-order valence-corrected chi connectivity index (χ0v) is 17.7. The van der Waals surface area contributed by atoms with Crippen molar-refractivity contribution in [2.45, 2.75) is 37.4 Å². The molecule has 33 heavy (non-hydrogen) atoms. The Hall–Kier alpha value is -3.87. The molecule has 0 unspecified atom stereocenters. The molecule has 170 valence electrons. The van der Waals surface area contributed by atoms with Crippen LogP contribution < -0.4 is 10.1 Å². The van der Waals surface area contributed by atoms with Crippen LogP contribution in [0.5, 0.6) is 5.75 Å². The van der Waals surface area contributed by atoms with Gasteiger partial charge >= 0.3 is 6.18 Å². The third kappa shape index (κ3) is 4.67. The highest BCUT2D eigenvalue weighted by atomic mass is 19.4. The van der Waals surface area contributed by atoms with Gasteiger partial charge in [0.2, 0.25) is 5.91 Å². The first-order valence-corrected chi connectivity index (χ1v) is 10.2. The van der Waals surface area contributed by atoms with Gasteiger partial charge < -0.3 is 10.1 Å². The standard InChI is InChI=1S/C23H20F3N5O2/c1-33-19-10-16(2-5-17(19)12-27)14-31-28-13-20(30-31)29-21(32)11-15-3-6-18(7-4-15)22(8-9-22)23(24,25)26/h2-7,10,13H,8-9,11,14H2,1H3,(H,29,30,32). The fourth-order valence-corrected chi connectivity index (χ4v) is 3.70. The second kappa shape index (κ2) is 8.58. The van der Waals surface area contributed by atoms with Gasteiger partial charge in [-0.25, -0.2) is 0 Å². The zero-order valence-electron chi connectivity index (χ0n) is 17.7. The Morgan fingerprint density at radius 2 is 1.91 bits per heavy atom. The molecule has 0 radical (unpaired) electrons. The van der Waals surface area contributed by atoms with E-state index in [1.165, 1.54) is 30.2 Å². The number of benzene rings is 2. The average molecular weight is 455 g/mol. The SMILES string of the molecule is COc1cc(Cn2ncc(NC(=O)Cc3ccc(C4(C(F)(F)F)CC4)cc3)n2)ccc1C#N. The van der Waals surface area contributed by atoms with E-state index in [4.69, 9.17) is 10.00 Å². The van der Waals surface area contributed by atoms with E-state index in [1.807, 2.05) is 6.07 Å². The summed E-state index contributed by atoms with van der Waals surface area (Å²) >= 11 is 0. The molecule has 1 N–H and O–H groups in total. The predicted molar refractivity (Wildman–Crippen MR) is 113 cm³/mol. The maximum absolute atomic E-state index is 13.2. The second-order valence-corrected chi connectivity index (χ2v) is 7.91. The first-order chi connectivity index (χ1) is 15.7. The van der Waals surface area contributed by atoms with Crippen molar-refractivity contribution in [1.29, 1.82) is 5.26 Å². The van der Waals surface area contributed by atoms with Crippen molar-refractivity contribution >= 4 is 11.7 Å². The Morgan fingerprint density at radius 1 is 1.21 bits per heavy atom. The van der Waals surface area contributed by atoms with Crippen molar-refractivity contribution in [2.24, 2.45) is 0 Å². The van der Waals surface area contributed by atoms with E-state index < -0.39 is 11.6 Å². The van der Waals surface area contributed by atoms with Gasteiger partial charge in [0, 0.05) is 0 Å². The van der Waals surface area contributed by atoms with Crippen LogP contribution in [-0.4, -0.2) is 34.2 Å². The molecule has 2 aromatic carbocycles. The summed E-state index contributed by atoms with van der Waals surface area (Å²) in [6, 6.07) is 13.2. The lowest BCUT2D eigenvalue weighted by atomic mass is 9.94. The van der Waals surface area contributed by atoms with Gasteiger partial charge in [-0.2, -0.15) is 28.3 Å². The molecule has 0 aliphatic heterocycles. The van der Waals surface area contributed by atoms with E-state index in [-0.39, 0.29) is 36.6 Å². The van der Waals surface area contributed by atoms with E-state index in [0.29, 0.717) is 23.4 Å². The van der Waals surface area contributed by atoms with Crippen molar-refractivity contribution in [3.63, 3.8) is 0 Å². The fourth-order valence-electron chi connectivity index (χ4n) is 3.70. The fraction of sp³-hybridized carbons (Fsp3) is 0.304. The van der Waals surface area contributed by atoms with Crippen LogP contribution in [0.2, 0.25) is 0 Å². The number of rotatable bonds is 7. The van der Waals surface area contributed by atoms with Gasteiger partial charge in [-0.1, -0.05) is 30.3 Å². The average Bonchev–Trinajstić information content (AvgIpc) is 3.50. The molecule has 1 saturated carbocycles. The van der Waals surface area contributed by atoms with E-state index >= 15 is 0 Å². The Balaban J connectivity index is 1.35. The van der Waals surface area contributed by atoms with Gasteiger partial charge in [-0.15, -0.1) is 5.10 Å². The minimum absolute atomic E-state index is 0.00101. The third-order valence-corrected chi connectivity index (χ3v) is 5.68. The van der Waals surface area contributed by atoms with E-state index in [0.717, 1.165) is 5.56 Å². The number of carbonyl (C=O) groups excluding carboxylic acids is 1. The van der Waals surface area contributed by atoms with E-state index in [1.54, 1.807) is 30.3 Å². The molecular formula is C23H20F3N5O2. The maximum Gasteiger partial charge on any atom is 0.398 e. The quantitative estimate of drug-likeness (QED) is 0.582. The molecule has 10 heteroatoms. The Bertz CT molecular complexity index is 1210. The number of hydrogen-bond donors (Lipinski definition) is 1. The molecule has 0 spiro atoms. The Morgan fingerprint density at radius 3 is 2.52 bits per heavy atom. The molecular weight excluding hydrogens is 435 g/mol. The lowest BCUT2D eigenvalue weighted by molar-refractivity contribution is -0.160. The summed E-state index contributed by atoms with van der Waals surface area (Å²) in [5.41, 5.74) is 0.339. The number of amides is 1. The number of methoxy groups -OCH3 is 1. The smallest absolute Gasteiger partial charge is 0.398 e. The number of anilines is 1. The number of aromatic nitrogens is 3. The van der Waals surface area contributed by atoms with Crippen LogP contribution in [0.25, 0.3) is 0 Å². The molecule has 0 bridgehead atoms. The lowest BCUT2D eigenvalue weighted by Crippen LogP contribution is -2.28. The third-order valence-electron chi connectivity index (χ3n) is 5.68. The van der Waals surface area contributed by atoms with E-state index in [9.17, 15) is 18.0 Å².